The Labute approximate surface area is 209 Å². The summed E-state index contributed by atoms with van der Waals surface area (Å²) in [5.74, 6) is 0.279. The number of carbonyl (C=O) groups excluding carboxylic acids is 2. The predicted octanol–water partition coefficient (Wildman–Crippen LogP) is 5.18. The van der Waals surface area contributed by atoms with Gasteiger partial charge in [0.15, 0.2) is 0 Å². The van der Waals surface area contributed by atoms with Crippen molar-refractivity contribution >= 4 is 23.4 Å². The van der Waals surface area contributed by atoms with E-state index in [9.17, 15) is 9.59 Å². The van der Waals surface area contributed by atoms with Gasteiger partial charge in [0, 0.05) is 18.1 Å². The highest BCUT2D eigenvalue weighted by Gasteiger charge is 2.47. The van der Waals surface area contributed by atoms with Gasteiger partial charge < -0.3 is 19.2 Å². The molecule has 1 atom stereocenters. The molecule has 35 heavy (non-hydrogen) atoms. The topological polar surface area (TPSA) is 67.5 Å². The Morgan fingerprint density at radius 2 is 1.71 bits per heavy atom. The maximum absolute atomic E-state index is 13.7. The summed E-state index contributed by atoms with van der Waals surface area (Å²) < 4.78 is 7.49. The summed E-state index contributed by atoms with van der Waals surface area (Å²) in [7, 11) is 0. The molecule has 0 unspecified atom stereocenters. The minimum absolute atomic E-state index is 0.180. The zero-order valence-electron chi connectivity index (χ0n) is 19.4. The van der Waals surface area contributed by atoms with Gasteiger partial charge in [-0.05, 0) is 60.9 Å². The summed E-state index contributed by atoms with van der Waals surface area (Å²) in [5.41, 5.74) is 2.27. The smallest absolute Gasteiger partial charge is 0.271 e. The van der Waals surface area contributed by atoms with Crippen LogP contribution in [0.15, 0.2) is 89.5 Å². The number of fused-ring (bicyclic) bond motifs is 1. The summed E-state index contributed by atoms with van der Waals surface area (Å²) >= 11 is 6.03. The van der Waals surface area contributed by atoms with Gasteiger partial charge >= 0.3 is 0 Å². The van der Waals surface area contributed by atoms with Crippen LogP contribution in [0.25, 0.3) is 11.5 Å². The minimum atomic E-state index is -1.09. The molecular weight excluding hydrogens is 462 g/mol. The number of hydrogen-bond acceptors (Lipinski definition) is 3. The normalized spacial score (nSPS) is 17.3. The Kier molecular flexibility index (Phi) is 6.22. The second-order valence-electron chi connectivity index (χ2n) is 8.94. The summed E-state index contributed by atoms with van der Waals surface area (Å²) in [4.78, 5) is 29.1. The maximum Gasteiger partial charge on any atom is 0.271 e. The molecule has 0 saturated heterocycles. The van der Waals surface area contributed by atoms with E-state index in [1.807, 2.05) is 84.3 Å². The number of aromatic nitrogens is 1. The zero-order chi connectivity index (χ0) is 24.4. The first-order valence-electron chi connectivity index (χ1n) is 11.6. The Hall–Kier alpha value is -3.77. The van der Waals surface area contributed by atoms with E-state index in [1.165, 1.54) is 0 Å². The summed E-state index contributed by atoms with van der Waals surface area (Å²) in [6, 6.07) is 24.6. The SMILES string of the molecule is C[C@@]1(C(=O)NCc2ccccc2)Cn2c(ccc2-c2ccco2)C(=O)N1CCc1ccc(Cl)cc1. The van der Waals surface area contributed by atoms with Gasteiger partial charge in [-0.1, -0.05) is 54.1 Å². The number of furan rings is 1. The van der Waals surface area contributed by atoms with Crippen molar-refractivity contribution in [1.82, 2.24) is 14.8 Å². The first-order chi connectivity index (χ1) is 17.0. The molecule has 1 aliphatic heterocycles. The second kappa shape index (κ2) is 9.47. The summed E-state index contributed by atoms with van der Waals surface area (Å²) in [5, 5.41) is 3.72. The molecular formula is C28H26ClN3O3. The number of rotatable bonds is 7. The van der Waals surface area contributed by atoms with Gasteiger partial charge in [-0.2, -0.15) is 0 Å². The van der Waals surface area contributed by atoms with E-state index in [0.717, 1.165) is 16.8 Å². The molecule has 2 amide bonds. The van der Waals surface area contributed by atoms with Crippen molar-refractivity contribution in [3.8, 4) is 11.5 Å². The number of nitrogens with zero attached hydrogens (tertiary/aromatic N) is 2. The van der Waals surface area contributed by atoms with Crippen molar-refractivity contribution in [2.45, 2.75) is 32.0 Å². The first-order valence-corrected chi connectivity index (χ1v) is 12.0. The lowest BCUT2D eigenvalue weighted by Gasteiger charge is -2.44. The predicted molar refractivity (Wildman–Crippen MR) is 135 cm³/mol. The molecule has 5 rings (SSSR count). The number of halogens is 1. The van der Waals surface area contributed by atoms with Crippen LogP contribution in [0, 0.1) is 0 Å². The fourth-order valence-electron chi connectivity index (χ4n) is 4.62. The van der Waals surface area contributed by atoms with E-state index in [-0.39, 0.29) is 11.8 Å². The third-order valence-electron chi connectivity index (χ3n) is 6.60. The van der Waals surface area contributed by atoms with Gasteiger partial charge in [-0.25, -0.2) is 0 Å². The maximum atomic E-state index is 13.7. The molecule has 1 N–H and O–H groups in total. The molecule has 0 aliphatic carbocycles. The standard InChI is InChI=1S/C28H26ClN3O3/c1-28(27(34)30-18-21-6-3-2-4-7-21)19-31-23(25-8-5-17-35-25)13-14-24(31)26(33)32(28)16-15-20-9-11-22(29)12-10-20/h2-14,17H,15-16,18-19H2,1H3,(H,30,34)/t28-/m0/s1. The molecule has 178 valence electrons. The molecule has 6 nitrogen and oxygen atoms in total. The van der Waals surface area contributed by atoms with E-state index in [0.29, 0.717) is 42.5 Å². The fourth-order valence-corrected chi connectivity index (χ4v) is 4.75. The van der Waals surface area contributed by atoms with E-state index in [1.54, 1.807) is 17.2 Å². The number of carbonyl (C=O) groups is 2. The molecule has 3 heterocycles. The Morgan fingerprint density at radius 3 is 2.43 bits per heavy atom. The van der Waals surface area contributed by atoms with Crippen molar-refractivity contribution < 1.29 is 14.0 Å². The molecule has 0 radical (unpaired) electrons. The van der Waals surface area contributed by atoms with Crippen LogP contribution in [0.4, 0.5) is 0 Å². The van der Waals surface area contributed by atoms with Gasteiger partial charge in [0.2, 0.25) is 5.91 Å². The van der Waals surface area contributed by atoms with Crippen LogP contribution >= 0.6 is 11.6 Å². The monoisotopic (exact) mass is 487 g/mol. The van der Waals surface area contributed by atoms with Crippen molar-refractivity contribution in [1.29, 1.82) is 0 Å². The van der Waals surface area contributed by atoms with Gasteiger partial charge in [-0.3, -0.25) is 9.59 Å². The Morgan fingerprint density at radius 1 is 0.971 bits per heavy atom. The highest BCUT2D eigenvalue weighted by atomic mass is 35.5. The van der Waals surface area contributed by atoms with Crippen LogP contribution in [0.5, 0.6) is 0 Å². The second-order valence-corrected chi connectivity index (χ2v) is 9.38. The van der Waals surface area contributed by atoms with Gasteiger partial charge in [-0.15, -0.1) is 0 Å². The minimum Gasteiger partial charge on any atom is -0.463 e. The highest BCUT2D eigenvalue weighted by Crippen LogP contribution is 2.33. The van der Waals surface area contributed by atoms with E-state index >= 15 is 0 Å². The van der Waals surface area contributed by atoms with Crippen LogP contribution in [0.3, 0.4) is 0 Å². The van der Waals surface area contributed by atoms with Gasteiger partial charge in [0.25, 0.3) is 5.91 Å². The van der Waals surface area contributed by atoms with Gasteiger partial charge in [0.1, 0.15) is 17.0 Å². The first kappa shape index (κ1) is 23.0. The van der Waals surface area contributed by atoms with Crippen molar-refractivity contribution in [3.63, 3.8) is 0 Å². The number of benzene rings is 2. The molecule has 7 heteroatoms. The lowest BCUT2D eigenvalue weighted by atomic mass is 9.93. The molecule has 4 aromatic rings. The molecule has 2 aromatic heterocycles. The van der Waals surface area contributed by atoms with Gasteiger partial charge in [0.05, 0.1) is 18.5 Å². The van der Waals surface area contributed by atoms with E-state index in [4.69, 9.17) is 16.0 Å². The quantitative estimate of drug-likeness (QED) is 0.391. The summed E-state index contributed by atoms with van der Waals surface area (Å²) in [6.45, 7) is 2.94. The lowest BCUT2D eigenvalue weighted by molar-refractivity contribution is -0.133. The molecule has 0 spiro atoms. The van der Waals surface area contributed by atoms with Crippen molar-refractivity contribution in [2.24, 2.45) is 0 Å². The lowest BCUT2D eigenvalue weighted by Crippen LogP contribution is -2.64. The molecule has 1 aliphatic rings. The molecule has 0 bridgehead atoms. The third kappa shape index (κ3) is 4.49. The van der Waals surface area contributed by atoms with E-state index < -0.39 is 5.54 Å². The third-order valence-corrected chi connectivity index (χ3v) is 6.85. The molecule has 0 fully saturated rings. The Bertz CT molecular complexity index is 1330. The van der Waals surface area contributed by atoms with Crippen LogP contribution < -0.4 is 5.32 Å². The van der Waals surface area contributed by atoms with Crippen LogP contribution in [0.1, 0.15) is 28.5 Å². The largest absolute Gasteiger partial charge is 0.463 e. The van der Waals surface area contributed by atoms with E-state index in [2.05, 4.69) is 5.32 Å². The van der Waals surface area contributed by atoms with Crippen LogP contribution in [0.2, 0.25) is 5.02 Å². The molecule has 0 saturated carbocycles. The average molecular weight is 488 g/mol. The van der Waals surface area contributed by atoms with Crippen LogP contribution in [-0.2, 0) is 24.3 Å². The van der Waals surface area contributed by atoms with Crippen LogP contribution in [-0.4, -0.2) is 33.4 Å². The van der Waals surface area contributed by atoms with Crippen molar-refractivity contribution in [2.75, 3.05) is 6.54 Å². The fraction of sp³-hybridized carbons (Fsp3) is 0.214. The summed E-state index contributed by atoms with van der Waals surface area (Å²) in [6.07, 6.45) is 2.21. The number of amides is 2. The zero-order valence-corrected chi connectivity index (χ0v) is 20.2. The number of nitrogens with one attached hydrogen (secondary N) is 1. The van der Waals surface area contributed by atoms with Crippen molar-refractivity contribution in [3.05, 3.63) is 107 Å². The number of hydrogen-bond donors (Lipinski definition) is 1. The highest BCUT2D eigenvalue weighted by molar-refractivity contribution is 6.30. The molecule has 2 aromatic carbocycles. The Balaban J connectivity index is 1.46. The average Bonchev–Trinajstić information content (AvgIpc) is 3.54.